The van der Waals surface area contributed by atoms with Gasteiger partial charge in [-0.25, -0.2) is 0 Å². The second kappa shape index (κ2) is 8.34. The van der Waals surface area contributed by atoms with Crippen LogP contribution in [-0.2, 0) is 0 Å². The van der Waals surface area contributed by atoms with Crippen molar-refractivity contribution >= 4 is 17.5 Å². The number of aliphatic hydroxyl groups excluding tert-OH is 1. The van der Waals surface area contributed by atoms with Crippen LogP contribution < -0.4 is 10.1 Å². The maximum atomic E-state index is 12.2. The number of amides is 1. The number of nitriles is 1. The quantitative estimate of drug-likeness (QED) is 0.840. The maximum absolute atomic E-state index is 12.2. The van der Waals surface area contributed by atoms with E-state index in [1.165, 1.54) is 0 Å². The molecule has 0 aromatic heterocycles. The third kappa shape index (κ3) is 4.48. The SMILES string of the molecule is CC(CCO)NC(=O)c1cccc(Oc2cccc(Cl)c2C#N)c1. The smallest absolute Gasteiger partial charge is 0.251 e. The van der Waals surface area contributed by atoms with E-state index in [9.17, 15) is 10.1 Å². The van der Waals surface area contributed by atoms with Gasteiger partial charge in [0.2, 0.25) is 0 Å². The fourth-order valence-corrected chi connectivity index (χ4v) is 2.31. The van der Waals surface area contributed by atoms with Crippen LogP contribution in [0.5, 0.6) is 11.5 Å². The predicted molar refractivity (Wildman–Crippen MR) is 91.3 cm³/mol. The molecule has 0 fully saturated rings. The second-order valence-corrected chi connectivity index (χ2v) is 5.65. The summed E-state index contributed by atoms with van der Waals surface area (Å²) in [5.74, 6) is 0.500. The van der Waals surface area contributed by atoms with Crippen molar-refractivity contribution in [2.75, 3.05) is 6.61 Å². The molecule has 0 aliphatic rings. The molecule has 0 radical (unpaired) electrons. The standard InChI is InChI=1S/C18H17ClN2O3/c1-12(8-9-22)21-18(23)13-4-2-5-14(10-13)24-17-7-3-6-16(19)15(17)11-20/h2-7,10,12,22H,8-9H2,1H3,(H,21,23). The van der Waals surface area contributed by atoms with E-state index in [1.807, 2.05) is 13.0 Å². The number of aliphatic hydroxyl groups is 1. The fourth-order valence-electron chi connectivity index (χ4n) is 2.10. The molecule has 24 heavy (non-hydrogen) atoms. The van der Waals surface area contributed by atoms with E-state index < -0.39 is 0 Å². The lowest BCUT2D eigenvalue weighted by Gasteiger charge is -2.13. The highest BCUT2D eigenvalue weighted by molar-refractivity contribution is 6.31. The van der Waals surface area contributed by atoms with Gasteiger partial charge in [0.25, 0.3) is 5.91 Å². The van der Waals surface area contributed by atoms with Gasteiger partial charge in [0.05, 0.1) is 5.02 Å². The first kappa shape index (κ1) is 17.8. The normalized spacial score (nSPS) is 11.4. The number of carbonyl (C=O) groups is 1. The summed E-state index contributed by atoms with van der Waals surface area (Å²) < 4.78 is 5.70. The van der Waals surface area contributed by atoms with Crippen molar-refractivity contribution in [3.05, 3.63) is 58.6 Å². The van der Waals surface area contributed by atoms with Crippen LogP contribution in [0.3, 0.4) is 0 Å². The van der Waals surface area contributed by atoms with Crippen LogP contribution >= 0.6 is 11.6 Å². The van der Waals surface area contributed by atoms with E-state index in [4.69, 9.17) is 21.4 Å². The van der Waals surface area contributed by atoms with Gasteiger partial charge in [-0.05, 0) is 43.7 Å². The number of rotatable bonds is 6. The van der Waals surface area contributed by atoms with E-state index >= 15 is 0 Å². The maximum Gasteiger partial charge on any atom is 0.251 e. The Morgan fingerprint density at radius 3 is 2.83 bits per heavy atom. The van der Waals surface area contributed by atoms with Crippen LogP contribution in [0.4, 0.5) is 0 Å². The molecular weight excluding hydrogens is 328 g/mol. The Balaban J connectivity index is 2.18. The molecule has 0 saturated carbocycles. The molecule has 1 amide bonds. The molecule has 0 aliphatic carbocycles. The molecule has 0 heterocycles. The van der Waals surface area contributed by atoms with Crippen molar-refractivity contribution in [2.45, 2.75) is 19.4 Å². The fraction of sp³-hybridized carbons (Fsp3) is 0.222. The van der Waals surface area contributed by atoms with Crippen molar-refractivity contribution in [1.82, 2.24) is 5.32 Å². The highest BCUT2D eigenvalue weighted by atomic mass is 35.5. The van der Waals surface area contributed by atoms with Crippen LogP contribution in [0.2, 0.25) is 5.02 Å². The summed E-state index contributed by atoms with van der Waals surface area (Å²) in [7, 11) is 0. The van der Waals surface area contributed by atoms with Gasteiger partial charge in [0.1, 0.15) is 23.1 Å². The summed E-state index contributed by atoms with van der Waals surface area (Å²) >= 11 is 5.98. The minimum Gasteiger partial charge on any atom is -0.456 e. The summed E-state index contributed by atoms with van der Waals surface area (Å²) in [5, 5.41) is 21.2. The Morgan fingerprint density at radius 2 is 2.12 bits per heavy atom. The van der Waals surface area contributed by atoms with Gasteiger partial charge in [0.15, 0.2) is 0 Å². The lowest BCUT2D eigenvalue weighted by Crippen LogP contribution is -2.33. The van der Waals surface area contributed by atoms with Gasteiger partial charge in [-0.15, -0.1) is 0 Å². The van der Waals surface area contributed by atoms with Crippen LogP contribution in [0.1, 0.15) is 29.3 Å². The predicted octanol–water partition coefficient (Wildman–Crippen LogP) is 3.50. The van der Waals surface area contributed by atoms with Crippen LogP contribution in [0, 0.1) is 11.3 Å². The molecule has 0 aliphatic heterocycles. The van der Waals surface area contributed by atoms with Crippen molar-refractivity contribution < 1.29 is 14.6 Å². The zero-order valence-electron chi connectivity index (χ0n) is 13.1. The van der Waals surface area contributed by atoms with Gasteiger partial charge in [-0.1, -0.05) is 23.7 Å². The monoisotopic (exact) mass is 344 g/mol. The molecule has 1 atom stereocenters. The number of ether oxygens (including phenoxy) is 1. The highest BCUT2D eigenvalue weighted by Crippen LogP contribution is 2.30. The molecule has 0 bridgehead atoms. The first-order valence-corrected chi connectivity index (χ1v) is 7.81. The number of nitrogens with zero attached hydrogens (tertiary/aromatic N) is 1. The van der Waals surface area contributed by atoms with E-state index in [1.54, 1.807) is 42.5 Å². The summed E-state index contributed by atoms with van der Waals surface area (Å²) in [6.07, 6.45) is 0.482. The van der Waals surface area contributed by atoms with Crippen LogP contribution in [-0.4, -0.2) is 23.7 Å². The number of hydrogen-bond donors (Lipinski definition) is 2. The summed E-state index contributed by atoms with van der Waals surface area (Å²) in [5.41, 5.74) is 0.670. The Labute approximate surface area is 145 Å². The molecule has 5 nitrogen and oxygen atoms in total. The number of benzene rings is 2. The molecule has 2 N–H and O–H groups in total. The highest BCUT2D eigenvalue weighted by Gasteiger charge is 2.12. The second-order valence-electron chi connectivity index (χ2n) is 5.24. The largest absolute Gasteiger partial charge is 0.456 e. The van der Waals surface area contributed by atoms with E-state index in [2.05, 4.69) is 5.32 Å². The van der Waals surface area contributed by atoms with Crippen LogP contribution in [0.15, 0.2) is 42.5 Å². The summed E-state index contributed by atoms with van der Waals surface area (Å²) in [4.78, 5) is 12.2. The number of carbonyl (C=O) groups excluding carboxylic acids is 1. The first-order chi connectivity index (χ1) is 11.5. The zero-order chi connectivity index (χ0) is 17.5. The van der Waals surface area contributed by atoms with Crippen molar-refractivity contribution in [3.8, 4) is 17.6 Å². The third-order valence-corrected chi connectivity index (χ3v) is 3.67. The van der Waals surface area contributed by atoms with Crippen molar-refractivity contribution in [1.29, 1.82) is 5.26 Å². The Bertz CT molecular complexity index is 771. The van der Waals surface area contributed by atoms with E-state index in [0.29, 0.717) is 28.5 Å². The zero-order valence-corrected chi connectivity index (χ0v) is 13.9. The van der Waals surface area contributed by atoms with Gasteiger partial charge in [-0.3, -0.25) is 4.79 Å². The molecule has 124 valence electrons. The molecule has 2 aromatic carbocycles. The topological polar surface area (TPSA) is 82.3 Å². The Morgan fingerprint density at radius 1 is 1.38 bits per heavy atom. The molecule has 6 heteroatoms. The van der Waals surface area contributed by atoms with Crippen molar-refractivity contribution in [3.63, 3.8) is 0 Å². The number of hydrogen-bond acceptors (Lipinski definition) is 4. The Kier molecular flexibility index (Phi) is 6.19. The van der Waals surface area contributed by atoms with Crippen LogP contribution in [0.25, 0.3) is 0 Å². The Hall–Kier alpha value is -2.55. The number of halogens is 1. The molecule has 0 spiro atoms. The van der Waals surface area contributed by atoms with Gasteiger partial charge in [-0.2, -0.15) is 5.26 Å². The third-order valence-electron chi connectivity index (χ3n) is 3.35. The lowest BCUT2D eigenvalue weighted by molar-refractivity contribution is 0.0934. The van der Waals surface area contributed by atoms with Gasteiger partial charge < -0.3 is 15.2 Å². The molecule has 2 aromatic rings. The number of nitrogens with one attached hydrogen (secondary N) is 1. The molecule has 0 saturated heterocycles. The first-order valence-electron chi connectivity index (χ1n) is 7.43. The average molecular weight is 345 g/mol. The van der Waals surface area contributed by atoms with E-state index in [-0.39, 0.29) is 24.1 Å². The molecule has 1 unspecified atom stereocenters. The van der Waals surface area contributed by atoms with Gasteiger partial charge in [0, 0.05) is 18.2 Å². The molecule has 2 rings (SSSR count). The van der Waals surface area contributed by atoms with Crippen molar-refractivity contribution in [2.24, 2.45) is 0 Å². The van der Waals surface area contributed by atoms with E-state index in [0.717, 1.165) is 0 Å². The summed E-state index contributed by atoms with van der Waals surface area (Å²) in [6.45, 7) is 1.83. The van der Waals surface area contributed by atoms with Gasteiger partial charge >= 0.3 is 0 Å². The average Bonchev–Trinajstić information content (AvgIpc) is 2.55. The minimum absolute atomic E-state index is 0.0102. The lowest BCUT2D eigenvalue weighted by atomic mass is 10.1. The minimum atomic E-state index is -0.256. The molecular formula is C18H17ClN2O3. The summed E-state index contributed by atoms with van der Waals surface area (Å²) in [6, 6.07) is 13.4.